The predicted octanol–water partition coefficient (Wildman–Crippen LogP) is 2.31. The Morgan fingerprint density at radius 3 is 2.90 bits per heavy atom. The Morgan fingerprint density at radius 1 is 1.48 bits per heavy atom. The standard InChI is InChI=1S/C14H20ClN5O/c1-8(21)10-6-9(14(10,2)3)4-5-20-13-11(18-19-20)12(15)16-7-17-13/h7-10,21H,4-6H2,1-3H3/t8-,9-,10-/m0/s1. The molecule has 2 aromatic rings. The number of hydrogen-bond donors (Lipinski definition) is 1. The lowest BCUT2D eigenvalue weighted by Crippen LogP contribution is -2.49. The van der Waals surface area contributed by atoms with Gasteiger partial charge in [0.25, 0.3) is 0 Å². The molecule has 0 aliphatic heterocycles. The molecule has 3 rings (SSSR count). The first-order valence-electron chi connectivity index (χ1n) is 7.29. The maximum absolute atomic E-state index is 9.79. The minimum absolute atomic E-state index is 0.164. The smallest absolute Gasteiger partial charge is 0.183 e. The number of fused-ring (bicyclic) bond motifs is 1. The normalized spacial score (nSPS) is 25.8. The summed E-state index contributed by atoms with van der Waals surface area (Å²) in [4.78, 5) is 8.11. The van der Waals surface area contributed by atoms with E-state index in [0.29, 0.717) is 28.2 Å². The molecule has 0 saturated heterocycles. The summed E-state index contributed by atoms with van der Waals surface area (Å²) >= 11 is 5.98. The first-order chi connectivity index (χ1) is 9.91. The summed E-state index contributed by atoms with van der Waals surface area (Å²) in [6.07, 6.45) is 3.25. The molecular formula is C14H20ClN5O. The third-order valence-electron chi connectivity index (χ3n) is 5.07. The Kier molecular flexibility index (Phi) is 3.61. The Morgan fingerprint density at radius 2 is 2.24 bits per heavy atom. The topological polar surface area (TPSA) is 76.7 Å². The first-order valence-corrected chi connectivity index (χ1v) is 7.66. The van der Waals surface area contributed by atoms with E-state index in [2.05, 4.69) is 34.1 Å². The van der Waals surface area contributed by atoms with E-state index in [4.69, 9.17) is 11.6 Å². The number of aliphatic hydroxyl groups excluding tert-OH is 1. The van der Waals surface area contributed by atoms with Crippen molar-refractivity contribution in [2.75, 3.05) is 0 Å². The van der Waals surface area contributed by atoms with Gasteiger partial charge in [0.15, 0.2) is 16.3 Å². The molecule has 2 aromatic heterocycles. The van der Waals surface area contributed by atoms with E-state index in [1.165, 1.54) is 6.33 Å². The van der Waals surface area contributed by atoms with Crippen LogP contribution in [-0.4, -0.2) is 36.2 Å². The highest BCUT2D eigenvalue weighted by atomic mass is 35.5. The van der Waals surface area contributed by atoms with Crippen molar-refractivity contribution in [2.24, 2.45) is 17.3 Å². The molecule has 2 heterocycles. The summed E-state index contributed by atoms with van der Waals surface area (Å²) in [5, 5.41) is 18.3. The third kappa shape index (κ3) is 2.40. The van der Waals surface area contributed by atoms with Crippen molar-refractivity contribution >= 4 is 22.8 Å². The number of nitrogens with zero attached hydrogens (tertiary/aromatic N) is 5. The fourth-order valence-electron chi connectivity index (χ4n) is 3.56. The Labute approximate surface area is 128 Å². The van der Waals surface area contributed by atoms with E-state index in [1.54, 1.807) is 4.68 Å². The zero-order valence-electron chi connectivity index (χ0n) is 12.5. The second-order valence-electron chi connectivity index (χ2n) is 6.54. The van der Waals surface area contributed by atoms with Gasteiger partial charge in [-0.25, -0.2) is 14.6 Å². The van der Waals surface area contributed by atoms with Gasteiger partial charge in [-0.1, -0.05) is 30.7 Å². The van der Waals surface area contributed by atoms with Crippen molar-refractivity contribution in [1.29, 1.82) is 0 Å². The zero-order chi connectivity index (χ0) is 15.2. The van der Waals surface area contributed by atoms with E-state index in [0.717, 1.165) is 19.4 Å². The first kappa shape index (κ1) is 14.7. The molecule has 0 bridgehead atoms. The van der Waals surface area contributed by atoms with Gasteiger partial charge in [0.1, 0.15) is 6.33 Å². The number of hydrogen-bond acceptors (Lipinski definition) is 5. The maximum atomic E-state index is 9.79. The van der Waals surface area contributed by atoms with E-state index in [9.17, 15) is 5.11 Å². The largest absolute Gasteiger partial charge is 0.393 e. The molecule has 1 aliphatic carbocycles. The average molecular weight is 310 g/mol. The zero-order valence-corrected chi connectivity index (χ0v) is 13.2. The van der Waals surface area contributed by atoms with Gasteiger partial charge < -0.3 is 5.11 Å². The molecule has 0 unspecified atom stereocenters. The number of halogens is 1. The van der Waals surface area contributed by atoms with Crippen LogP contribution in [0.4, 0.5) is 0 Å². The molecule has 1 saturated carbocycles. The summed E-state index contributed by atoms with van der Waals surface area (Å²) < 4.78 is 1.79. The van der Waals surface area contributed by atoms with Crippen LogP contribution in [0.2, 0.25) is 5.15 Å². The molecule has 1 aliphatic rings. The fraction of sp³-hybridized carbons (Fsp3) is 0.714. The number of aryl methyl sites for hydroxylation is 1. The Balaban J connectivity index is 1.70. The quantitative estimate of drug-likeness (QED) is 0.877. The molecule has 0 amide bonds. The van der Waals surface area contributed by atoms with Crippen LogP contribution in [-0.2, 0) is 6.54 Å². The van der Waals surface area contributed by atoms with Crippen LogP contribution in [0.25, 0.3) is 11.2 Å². The van der Waals surface area contributed by atoms with Gasteiger partial charge in [0, 0.05) is 6.54 Å². The molecule has 3 atom stereocenters. The van der Waals surface area contributed by atoms with Crippen molar-refractivity contribution in [3.05, 3.63) is 11.5 Å². The van der Waals surface area contributed by atoms with Crippen LogP contribution >= 0.6 is 11.6 Å². The summed E-state index contributed by atoms with van der Waals surface area (Å²) in [7, 11) is 0. The van der Waals surface area contributed by atoms with E-state index in [1.807, 2.05) is 6.92 Å². The van der Waals surface area contributed by atoms with Gasteiger partial charge in [-0.3, -0.25) is 0 Å². The third-order valence-corrected chi connectivity index (χ3v) is 5.35. The minimum atomic E-state index is -0.241. The SMILES string of the molecule is C[C@H](O)[C@@H]1C[C@H](CCn2nnc3c(Cl)ncnc32)C1(C)C. The molecule has 114 valence electrons. The highest BCUT2D eigenvalue weighted by Crippen LogP contribution is 2.54. The lowest BCUT2D eigenvalue weighted by Gasteiger charge is -2.54. The van der Waals surface area contributed by atoms with Crippen LogP contribution < -0.4 is 0 Å². The van der Waals surface area contributed by atoms with Crippen LogP contribution in [0.5, 0.6) is 0 Å². The van der Waals surface area contributed by atoms with Gasteiger partial charge >= 0.3 is 0 Å². The fourth-order valence-corrected chi connectivity index (χ4v) is 3.72. The molecule has 0 spiro atoms. The van der Waals surface area contributed by atoms with Gasteiger partial charge in [-0.15, -0.1) is 5.10 Å². The highest BCUT2D eigenvalue weighted by molar-refractivity contribution is 6.33. The van der Waals surface area contributed by atoms with Gasteiger partial charge in [-0.2, -0.15) is 0 Å². The molecular weight excluding hydrogens is 290 g/mol. The molecule has 21 heavy (non-hydrogen) atoms. The second-order valence-corrected chi connectivity index (χ2v) is 6.90. The van der Waals surface area contributed by atoms with E-state index < -0.39 is 0 Å². The van der Waals surface area contributed by atoms with Crippen LogP contribution in [0.15, 0.2) is 6.33 Å². The van der Waals surface area contributed by atoms with Crippen LogP contribution in [0, 0.1) is 17.3 Å². The monoisotopic (exact) mass is 309 g/mol. The molecule has 0 radical (unpaired) electrons. The Bertz CT molecular complexity index is 654. The van der Waals surface area contributed by atoms with Gasteiger partial charge in [0.05, 0.1) is 6.10 Å². The van der Waals surface area contributed by atoms with Crippen molar-refractivity contribution in [1.82, 2.24) is 25.0 Å². The molecule has 7 heteroatoms. The molecule has 6 nitrogen and oxygen atoms in total. The molecule has 1 N–H and O–H groups in total. The lowest BCUT2D eigenvalue weighted by atomic mass is 9.52. The van der Waals surface area contributed by atoms with Crippen molar-refractivity contribution < 1.29 is 5.11 Å². The average Bonchev–Trinajstić information content (AvgIpc) is 2.82. The summed E-state index contributed by atoms with van der Waals surface area (Å²) in [5.41, 5.74) is 1.39. The Hall–Kier alpha value is -1.27. The van der Waals surface area contributed by atoms with E-state index >= 15 is 0 Å². The summed E-state index contributed by atoms with van der Waals surface area (Å²) in [6.45, 7) is 7.10. The second kappa shape index (κ2) is 5.18. The van der Waals surface area contributed by atoms with Crippen molar-refractivity contribution in [3.8, 4) is 0 Å². The van der Waals surface area contributed by atoms with Gasteiger partial charge in [0.2, 0.25) is 0 Å². The highest BCUT2D eigenvalue weighted by Gasteiger charge is 2.49. The van der Waals surface area contributed by atoms with E-state index in [-0.39, 0.29) is 11.5 Å². The van der Waals surface area contributed by atoms with Gasteiger partial charge in [-0.05, 0) is 37.0 Å². The summed E-state index contributed by atoms with van der Waals surface area (Å²) in [6, 6.07) is 0. The molecule has 0 aromatic carbocycles. The number of aromatic nitrogens is 5. The van der Waals surface area contributed by atoms with Crippen LogP contribution in [0.1, 0.15) is 33.6 Å². The molecule has 1 fully saturated rings. The van der Waals surface area contributed by atoms with Crippen molar-refractivity contribution in [2.45, 2.75) is 46.3 Å². The number of rotatable bonds is 4. The van der Waals surface area contributed by atoms with Crippen LogP contribution in [0.3, 0.4) is 0 Å². The predicted molar refractivity (Wildman–Crippen MR) is 79.8 cm³/mol. The summed E-state index contributed by atoms with van der Waals surface area (Å²) in [5.74, 6) is 0.959. The lowest BCUT2D eigenvalue weighted by molar-refractivity contribution is -0.0920. The minimum Gasteiger partial charge on any atom is -0.393 e. The maximum Gasteiger partial charge on any atom is 0.183 e. The van der Waals surface area contributed by atoms with Crippen molar-refractivity contribution in [3.63, 3.8) is 0 Å². The number of aliphatic hydroxyl groups is 1.